The van der Waals surface area contributed by atoms with E-state index >= 15 is 0 Å². The van der Waals surface area contributed by atoms with Gasteiger partial charge in [0.2, 0.25) is 5.91 Å². The molecular formula is C11H15NOS. The Morgan fingerprint density at radius 2 is 2.00 bits per heavy atom. The highest BCUT2D eigenvalue weighted by molar-refractivity contribution is 8.00. The molecule has 14 heavy (non-hydrogen) atoms. The monoisotopic (exact) mass is 209 g/mol. The molecule has 0 unspecified atom stereocenters. The maximum atomic E-state index is 10.9. The van der Waals surface area contributed by atoms with Gasteiger partial charge >= 0.3 is 0 Å². The molecule has 0 radical (unpaired) electrons. The largest absolute Gasteiger partial charge is 0.366 e. The van der Waals surface area contributed by atoms with Crippen molar-refractivity contribution in [1.82, 2.24) is 0 Å². The number of primary amides is 1. The Morgan fingerprint density at radius 3 is 2.50 bits per heavy atom. The van der Waals surface area contributed by atoms with Crippen LogP contribution in [0.5, 0.6) is 0 Å². The summed E-state index contributed by atoms with van der Waals surface area (Å²) in [5.41, 5.74) is 5.77. The minimum Gasteiger partial charge on any atom is -0.366 e. The van der Waals surface area contributed by atoms with Gasteiger partial charge < -0.3 is 5.73 Å². The summed E-state index contributed by atoms with van der Waals surface area (Å²) in [6.07, 6.45) is 0. The third-order valence-electron chi connectivity index (χ3n) is 1.54. The van der Waals surface area contributed by atoms with Gasteiger partial charge in [-0.25, -0.2) is 0 Å². The molecule has 0 spiro atoms. The maximum absolute atomic E-state index is 10.9. The van der Waals surface area contributed by atoms with Crippen LogP contribution in [0.3, 0.4) is 0 Å². The van der Waals surface area contributed by atoms with Gasteiger partial charge in [-0.15, -0.1) is 11.8 Å². The summed E-state index contributed by atoms with van der Waals surface area (Å²) in [6.45, 7) is 6.40. The van der Waals surface area contributed by atoms with E-state index in [0.29, 0.717) is 5.56 Å². The SMILES string of the molecule is CC(C)(C)Sc1cccc(C(N)=O)c1. The molecular weight excluding hydrogens is 194 g/mol. The van der Waals surface area contributed by atoms with E-state index in [1.165, 1.54) is 0 Å². The summed E-state index contributed by atoms with van der Waals surface area (Å²) in [5, 5.41) is 0. The first kappa shape index (κ1) is 11.1. The van der Waals surface area contributed by atoms with Crippen molar-refractivity contribution < 1.29 is 4.79 Å². The fourth-order valence-electron chi connectivity index (χ4n) is 1.07. The van der Waals surface area contributed by atoms with E-state index in [-0.39, 0.29) is 10.7 Å². The van der Waals surface area contributed by atoms with Crippen LogP contribution in [0.25, 0.3) is 0 Å². The number of hydrogen-bond acceptors (Lipinski definition) is 2. The summed E-state index contributed by atoms with van der Waals surface area (Å²) < 4.78 is 0.149. The minimum atomic E-state index is -0.374. The number of thioether (sulfide) groups is 1. The zero-order valence-corrected chi connectivity index (χ0v) is 9.52. The quantitative estimate of drug-likeness (QED) is 0.761. The first-order chi connectivity index (χ1) is 6.38. The van der Waals surface area contributed by atoms with Crippen LogP contribution in [-0.4, -0.2) is 10.7 Å². The second-order valence-electron chi connectivity index (χ2n) is 4.11. The lowest BCUT2D eigenvalue weighted by Gasteiger charge is -2.17. The fraction of sp³-hybridized carbons (Fsp3) is 0.364. The molecule has 1 aromatic rings. The Morgan fingerprint density at radius 1 is 1.36 bits per heavy atom. The van der Waals surface area contributed by atoms with E-state index in [9.17, 15) is 4.79 Å². The van der Waals surface area contributed by atoms with Crippen LogP contribution in [0.2, 0.25) is 0 Å². The van der Waals surface area contributed by atoms with Crippen LogP contribution in [0.15, 0.2) is 29.2 Å². The zero-order valence-electron chi connectivity index (χ0n) is 8.70. The number of rotatable bonds is 2. The Balaban J connectivity index is 2.89. The number of carbonyl (C=O) groups is 1. The third kappa shape index (κ3) is 3.42. The Labute approximate surface area is 88.9 Å². The van der Waals surface area contributed by atoms with Gasteiger partial charge in [-0.3, -0.25) is 4.79 Å². The highest BCUT2D eigenvalue weighted by Gasteiger charge is 2.12. The van der Waals surface area contributed by atoms with Crippen molar-refractivity contribution in [2.75, 3.05) is 0 Å². The zero-order chi connectivity index (χ0) is 10.8. The van der Waals surface area contributed by atoms with Crippen LogP contribution in [0, 0.1) is 0 Å². The van der Waals surface area contributed by atoms with Gasteiger partial charge in [0.1, 0.15) is 0 Å². The standard InChI is InChI=1S/C11H15NOS/c1-11(2,3)14-9-6-4-5-8(7-9)10(12)13/h4-7H,1-3H3,(H2,12,13). The van der Waals surface area contributed by atoms with E-state index in [1.54, 1.807) is 17.8 Å². The van der Waals surface area contributed by atoms with E-state index in [1.807, 2.05) is 18.2 Å². The topological polar surface area (TPSA) is 43.1 Å². The Bertz CT molecular complexity index is 341. The van der Waals surface area contributed by atoms with Crippen molar-refractivity contribution in [3.8, 4) is 0 Å². The molecule has 0 bridgehead atoms. The fourth-order valence-corrected chi connectivity index (χ4v) is 2.11. The molecule has 0 saturated carbocycles. The smallest absolute Gasteiger partial charge is 0.248 e. The van der Waals surface area contributed by atoms with Crippen LogP contribution < -0.4 is 5.73 Å². The van der Waals surface area contributed by atoms with Gasteiger partial charge in [0.25, 0.3) is 0 Å². The summed E-state index contributed by atoms with van der Waals surface area (Å²) in [5.74, 6) is -0.374. The summed E-state index contributed by atoms with van der Waals surface area (Å²) in [7, 11) is 0. The molecule has 1 aromatic carbocycles. The third-order valence-corrected chi connectivity index (χ3v) is 2.64. The molecule has 0 heterocycles. The highest BCUT2D eigenvalue weighted by atomic mass is 32.2. The molecule has 3 heteroatoms. The average Bonchev–Trinajstić information content (AvgIpc) is 2.01. The molecule has 0 aliphatic rings. The molecule has 1 rings (SSSR count). The second-order valence-corrected chi connectivity index (χ2v) is 6.01. The summed E-state index contributed by atoms with van der Waals surface area (Å²) in [6, 6.07) is 7.41. The number of benzene rings is 1. The van der Waals surface area contributed by atoms with Crippen LogP contribution in [-0.2, 0) is 0 Å². The predicted molar refractivity (Wildman–Crippen MR) is 60.6 cm³/mol. The van der Waals surface area contributed by atoms with Gasteiger partial charge in [-0.05, 0) is 18.2 Å². The van der Waals surface area contributed by atoms with Crippen molar-refractivity contribution in [3.05, 3.63) is 29.8 Å². The normalized spacial score (nSPS) is 11.4. The molecule has 0 atom stereocenters. The lowest BCUT2D eigenvalue weighted by atomic mass is 10.2. The van der Waals surface area contributed by atoms with Crippen molar-refractivity contribution in [3.63, 3.8) is 0 Å². The van der Waals surface area contributed by atoms with Crippen LogP contribution in [0.1, 0.15) is 31.1 Å². The van der Waals surface area contributed by atoms with Crippen molar-refractivity contribution in [1.29, 1.82) is 0 Å². The first-order valence-corrected chi connectivity index (χ1v) is 5.29. The van der Waals surface area contributed by atoms with E-state index in [0.717, 1.165) is 4.90 Å². The molecule has 1 amide bonds. The van der Waals surface area contributed by atoms with Crippen LogP contribution >= 0.6 is 11.8 Å². The molecule has 0 aromatic heterocycles. The maximum Gasteiger partial charge on any atom is 0.248 e. The average molecular weight is 209 g/mol. The summed E-state index contributed by atoms with van der Waals surface area (Å²) >= 11 is 1.72. The minimum absolute atomic E-state index is 0.149. The molecule has 2 N–H and O–H groups in total. The lowest BCUT2D eigenvalue weighted by Crippen LogP contribution is -2.11. The van der Waals surface area contributed by atoms with Crippen molar-refractivity contribution in [2.24, 2.45) is 5.73 Å². The highest BCUT2D eigenvalue weighted by Crippen LogP contribution is 2.31. The van der Waals surface area contributed by atoms with Crippen molar-refractivity contribution in [2.45, 2.75) is 30.4 Å². The molecule has 76 valence electrons. The van der Waals surface area contributed by atoms with E-state index in [2.05, 4.69) is 20.8 Å². The van der Waals surface area contributed by atoms with E-state index in [4.69, 9.17) is 5.73 Å². The Kier molecular flexibility index (Phi) is 3.21. The Hall–Kier alpha value is -0.960. The predicted octanol–water partition coefficient (Wildman–Crippen LogP) is 2.68. The van der Waals surface area contributed by atoms with Gasteiger partial charge in [0.15, 0.2) is 0 Å². The van der Waals surface area contributed by atoms with Crippen LogP contribution in [0.4, 0.5) is 0 Å². The second kappa shape index (κ2) is 4.05. The number of hydrogen-bond donors (Lipinski definition) is 1. The van der Waals surface area contributed by atoms with Gasteiger partial charge in [0.05, 0.1) is 0 Å². The van der Waals surface area contributed by atoms with Gasteiger partial charge in [-0.2, -0.15) is 0 Å². The molecule has 2 nitrogen and oxygen atoms in total. The van der Waals surface area contributed by atoms with Gasteiger partial charge in [0, 0.05) is 15.2 Å². The molecule has 0 aliphatic heterocycles. The number of nitrogens with two attached hydrogens (primary N) is 1. The molecule has 0 fully saturated rings. The number of amides is 1. The summed E-state index contributed by atoms with van der Waals surface area (Å²) in [4.78, 5) is 12.0. The van der Waals surface area contributed by atoms with E-state index < -0.39 is 0 Å². The lowest BCUT2D eigenvalue weighted by molar-refractivity contribution is 0.1000. The van der Waals surface area contributed by atoms with Crippen molar-refractivity contribution >= 4 is 17.7 Å². The van der Waals surface area contributed by atoms with Gasteiger partial charge in [-0.1, -0.05) is 26.8 Å². The number of carbonyl (C=O) groups excluding carboxylic acids is 1. The first-order valence-electron chi connectivity index (χ1n) is 4.47. The molecule has 0 saturated heterocycles. The molecule has 0 aliphatic carbocycles.